The molecule has 0 aromatic rings. The molecule has 0 saturated heterocycles. The molecule has 0 spiro atoms. The smallest absolute Gasteiger partial charge is 0.0471 e. The van der Waals surface area contributed by atoms with Crippen molar-refractivity contribution in [3.05, 3.63) is 0 Å². The van der Waals surface area contributed by atoms with E-state index in [2.05, 4.69) is 12.4 Å². The molecule has 4 rings (SSSR count). The fourth-order valence-electron chi connectivity index (χ4n) is 5.80. The number of rotatable bonds is 8. The van der Waals surface area contributed by atoms with Crippen LogP contribution < -0.4 is 5.32 Å². The maximum absolute atomic E-state index is 12.4. The molecule has 0 radical (unpaired) electrons. The highest BCUT2D eigenvalue weighted by atomic mass is 32.2. The van der Waals surface area contributed by atoms with Gasteiger partial charge in [-0.1, -0.05) is 0 Å². The van der Waals surface area contributed by atoms with E-state index < -0.39 is 10.8 Å². The van der Waals surface area contributed by atoms with Crippen molar-refractivity contribution in [2.24, 2.45) is 23.2 Å². The lowest BCUT2D eigenvalue weighted by Crippen LogP contribution is -2.57. The van der Waals surface area contributed by atoms with E-state index >= 15 is 0 Å². The molecule has 2 unspecified atom stereocenters. The van der Waals surface area contributed by atoms with Gasteiger partial charge in [-0.15, -0.1) is 0 Å². The molecule has 4 aliphatic carbocycles. The first-order chi connectivity index (χ1) is 10.1. The van der Waals surface area contributed by atoms with Crippen LogP contribution in [0, 0.1) is 23.2 Å². The molecule has 2 atom stereocenters. The summed E-state index contributed by atoms with van der Waals surface area (Å²) in [4.78, 5) is 0. The van der Waals surface area contributed by atoms with Crippen molar-refractivity contribution in [2.45, 2.75) is 51.0 Å². The summed E-state index contributed by atoms with van der Waals surface area (Å²) < 4.78 is 17.5. The van der Waals surface area contributed by atoms with E-state index in [1.807, 2.05) is 0 Å². The highest BCUT2D eigenvalue weighted by Crippen LogP contribution is 2.61. The van der Waals surface area contributed by atoms with Crippen molar-refractivity contribution in [3.8, 4) is 0 Å². The normalized spacial score (nSPS) is 40.4. The van der Waals surface area contributed by atoms with Crippen molar-refractivity contribution >= 4 is 10.8 Å². The van der Waals surface area contributed by atoms with Gasteiger partial charge in [0.25, 0.3) is 0 Å². The molecule has 4 fully saturated rings. The predicted molar refractivity (Wildman–Crippen MR) is 87.8 cm³/mol. The summed E-state index contributed by atoms with van der Waals surface area (Å²) in [7, 11) is 3.09. The summed E-state index contributed by atoms with van der Waals surface area (Å²) in [5.74, 6) is 4.53. The lowest BCUT2D eigenvalue weighted by Gasteiger charge is -2.59. The van der Waals surface area contributed by atoms with Crippen LogP contribution in [0.5, 0.6) is 0 Å². The Hall–Kier alpha value is 0.0700. The quantitative estimate of drug-likeness (QED) is 0.700. The third kappa shape index (κ3) is 3.37. The first kappa shape index (κ1) is 15.9. The van der Waals surface area contributed by atoms with Crippen molar-refractivity contribution in [3.63, 3.8) is 0 Å². The summed E-state index contributed by atoms with van der Waals surface area (Å²) in [5, 5.41) is 3.56. The molecule has 0 aromatic carbocycles. The van der Waals surface area contributed by atoms with Gasteiger partial charge in [0, 0.05) is 42.1 Å². The summed E-state index contributed by atoms with van der Waals surface area (Å²) in [6, 6.07) is 0.453. The molecule has 4 bridgehead atoms. The summed E-state index contributed by atoms with van der Waals surface area (Å²) >= 11 is 0. The molecule has 0 aromatic heterocycles. The highest BCUT2D eigenvalue weighted by Gasteiger charge is 2.53. The molecule has 4 saturated carbocycles. The van der Waals surface area contributed by atoms with Gasteiger partial charge in [0.15, 0.2) is 0 Å². The average Bonchev–Trinajstić information content (AvgIpc) is 2.43. The minimum absolute atomic E-state index is 0.453. The maximum atomic E-state index is 12.4. The average molecular weight is 314 g/mol. The van der Waals surface area contributed by atoms with Gasteiger partial charge in [-0.2, -0.15) is 0 Å². The highest BCUT2D eigenvalue weighted by molar-refractivity contribution is 7.85. The van der Waals surface area contributed by atoms with Crippen LogP contribution in [0.3, 0.4) is 0 Å². The lowest BCUT2D eigenvalue weighted by atomic mass is 9.48. The van der Waals surface area contributed by atoms with E-state index in [1.165, 1.54) is 38.5 Å². The maximum Gasteiger partial charge on any atom is 0.0471 e. The monoisotopic (exact) mass is 313 g/mol. The van der Waals surface area contributed by atoms with Gasteiger partial charge in [0.1, 0.15) is 0 Å². The molecular formula is C17H31NO2S. The number of hydrogen-bond acceptors (Lipinski definition) is 3. The molecule has 122 valence electrons. The molecule has 3 nitrogen and oxygen atoms in total. The Balaban J connectivity index is 1.61. The van der Waals surface area contributed by atoms with Crippen LogP contribution in [-0.2, 0) is 15.5 Å². The molecule has 4 heteroatoms. The SMILES string of the molecule is CNC(CS(=O)CCCOC)C12CC3CC(CC(C3)C1)C2. The standard InChI is InChI=1S/C17H31NO2S/c1-18-16(12-21(19)5-3-4-20-2)17-9-13-6-14(10-17)8-15(7-13)11-17/h13-16,18H,3-12H2,1-2H3. The first-order valence-corrected chi connectivity index (χ1v) is 10.1. The third-order valence-corrected chi connectivity index (χ3v) is 7.70. The Bertz CT molecular complexity index is 350. The topological polar surface area (TPSA) is 38.3 Å². The zero-order valence-electron chi connectivity index (χ0n) is 13.6. The van der Waals surface area contributed by atoms with Gasteiger partial charge in [-0.05, 0) is 75.2 Å². The van der Waals surface area contributed by atoms with E-state index in [0.29, 0.717) is 11.5 Å². The molecule has 0 aliphatic heterocycles. The van der Waals surface area contributed by atoms with Crippen molar-refractivity contribution < 1.29 is 8.95 Å². The van der Waals surface area contributed by atoms with Crippen molar-refractivity contribution in [1.29, 1.82) is 0 Å². The zero-order chi connectivity index (χ0) is 14.9. The van der Waals surface area contributed by atoms with Gasteiger partial charge in [0.2, 0.25) is 0 Å². The van der Waals surface area contributed by atoms with E-state index in [9.17, 15) is 4.21 Å². The Morgan fingerprint density at radius 3 is 2.24 bits per heavy atom. The van der Waals surface area contributed by atoms with Gasteiger partial charge >= 0.3 is 0 Å². The predicted octanol–water partition coefficient (Wildman–Crippen LogP) is 2.58. The Morgan fingerprint density at radius 2 is 1.76 bits per heavy atom. The Morgan fingerprint density at radius 1 is 1.19 bits per heavy atom. The molecule has 0 amide bonds. The van der Waals surface area contributed by atoms with Crippen LogP contribution in [0.1, 0.15) is 44.9 Å². The van der Waals surface area contributed by atoms with Crippen LogP contribution in [0.25, 0.3) is 0 Å². The van der Waals surface area contributed by atoms with Crippen LogP contribution >= 0.6 is 0 Å². The number of ether oxygens (including phenoxy) is 1. The van der Waals surface area contributed by atoms with E-state index in [-0.39, 0.29) is 0 Å². The lowest BCUT2D eigenvalue weighted by molar-refractivity contribution is -0.0683. The molecule has 4 aliphatic rings. The van der Waals surface area contributed by atoms with Gasteiger partial charge < -0.3 is 10.1 Å². The molecule has 0 heterocycles. The minimum atomic E-state index is -0.707. The second kappa shape index (κ2) is 6.67. The molecule has 21 heavy (non-hydrogen) atoms. The number of nitrogens with one attached hydrogen (secondary N) is 1. The molecule has 1 N–H and O–H groups in total. The fourth-order valence-corrected chi connectivity index (χ4v) is 7.30. The van der Waals surface area contributed by atoms with Gasteiger partial charge in [-0.3, -0.25) is 4.21 Å². The van der Waals surface area contributed by atoms with Crippen LogP contribution in [0.2, 0.25) is 0 Å². The molecular weight excluding hydrogens is 282 g/mol. The third-order valence-electron chi connectivity index (χ3n) is 6.25. The van der Waals surface area contributed by atoms with Crippen molar-refractivity contribution in [2.75, 3.05) is 32.3 Å². The number of hydrogen-bond donors (Lipinski definition) is 1. The van der Waals surface area contributed by atoms with Gasteiger partial charge in [-0.25, -0.2) is 0 Å². The second-order valence-corrected chi connectivity index (χ2v) is 9.40. The van der Waals surface area contributed by atoms with Crippen LogP contribution in [0.15, 0.2) is 0 Å². The fraction of sp³-hybridized carbons (Fsp3) is 1.00. The second-order valence-electron chi connectivity index (χ2n) is 7.78. The Kier molecular flexibility index (Phi) is 5.07. The largest absolute Gasteiger partial charge is 0.385 e. The number of methoxy groups -OCH3 is 1. The van der Waals surface area contributed by atoms with Gasteiger partial charge in [0.05, 0.1) is 0 Å². The zero-order valence-corrected chi connectivity index (χ0v) is 14.4. The minimum Gasteiger partial charge on any atom is -0.385 e. The summed E-state index contributed by atoms with van der Waals surface area (Å²) in [5.41, 5.74) is 0.459. The van der Waals surface area contributed by atoms with E-state index in [1.54, 1.807) is 7.11 Å². The van der Waals surface area contributed by atoms with E-state index in [4.69, 9.17) is 4.74 Å². The summed E-state index contributed by atoms with van der Waals surface area (Å²) in [6.45, 7) is 0.729. The van der Waals surface area contributed by atoms with Crippen molar-refractivity contribution in [1.82, 2.24) is 5.32 Å². The van der Waals surface area contributed by atoms with E-state index in [0.717, 1.165) is 42.3 Å². The Labute approximate surface area is 132 Å². The van der Waals surface area contributed by atoms with Crippen LogP contribution in [0.4, 0.5) is 0 Å². The first-order valence-electron chi connectivity index (χ1n) is 8.66. The summed E-state index contributed by atoms with van der Waals surface area (Å²) in [6.07, 6.45) is 9.52. The van der Waals surface area contributed by atoms with Crippen LogP contribution in [-0.4, -0.2) is 42.5 Å².